The third-order valence-corrected chi connectivity index (χ3v) is 4.29. The zero-order valence-corrected chi connectivity index (χ0v) is 13.0. The highest BCUT2D eigenvalue weighted by atomic mass is 79.9. The zero-order valence-electron chi connectivity index (χ0n) is 10.7. The topological polar surface area (TPSA) is 15.3 Å². The van der Waals surface area contributed by atoms with Crippen molar-refractivity contribution in [2.45, 2.75) is 18.6 Å². The van der Waals surface area contributed by atoms with Crippen LogP contribution in [0.4, 0.5) is 13.2 Å². The average molecular weight is 372 g/mol. The van der Waals surface area contributed by atoms with Crippen LogP contribution in [0.25, 0.3) is 0 Å². The van der Waals surface area contributed by atoms with E-state index in [2.05, 4.69) is 21.2 Å². The van der Waals surface area contributed by atoms with E-state index < -0.39 is 18.6 Å². The minimum absolute atomic E-state index is 0.450. The molecule has 2 rings (SSSR count). The predicted molar refractivity (Wildman–Crippen MR) is 77.0 cm³/mol. The van der Waals surface area contributed by atoms with Crippen LogP contribution in [0, 0.1) is 0 Å². The molecule has 7 heteroatoms. The smallest absolute Gasteiger partial charge is 0.314 e. The zero-order chi connectivity index (χ0) is 14.8. The molecular weight excluding hydrogens is 357 g/mol. The Morgan fingerprint density at radius 1 is 1.30 bits per heavy atom. The van der Waals surface area contributed by atoms with Gasteiger partial charge in [0.25, 0.3) is 0 Å². The molecule has 0 aliphatic carbocycles. The van der Waals surface area contributed by atoms with E-state index in [1.54, 1.807) is 18.2 Å². The summed E-state index contributed by atoms with van der Waals surface area (Å²) >= 11 is 9.28. The summed E-state index contributed by atoms with van der Waals surface area (Å²) in [6, 6.07) is 4.27. The van der Waals surface area contributed by atoms with Gasteiger partial charge in [0.1, 0.15) is 0 Å². The van der Waals surface area contributed by atoms with Crippen molar-refractivity contribution in [2.75, 3.05) is 26.2 Å². The van der Waals surface area contributed by atoms with Crippen molar-refractivity contribution < 1.29 is 13.2 Å². The fourth-order valence-corrected chi connectivity index (χ4v) is 3.11. The molecule has 1 aromatic rings. The summed E-state index contributed by atoms with van der Waals surface area (Å²) in [5, 5.41) is 3.60. The maximum absolute atomic E-state index is 12.9. The Labute approximate surface area is 129 Å². The standard InChI is InChI=1S/C13H15BrClF3N2/c14-11-2-1-9(15)7-10(11)12(8-13(16,17)18)20-5-3-19-4-6-20/h1-2,7,12,19H,3-6,8H2/t12-/m1/s1. The first-order valence-electron chi connectivity index (χ1n) is 6.33. The van der Waals surface area contributed by atoms with Crippen molar-refractivity contribution in [2.24, 2.45) is 0 Å². The normalized spacial score (nSPS) is 19.1. The van der Waals surface area contributed by atoms with Gasteiger partial charge in [0.05, 0.1) is 6.42 Å². The third kappa shape index (κ3) is 4.35. The molecule has 1 atom stereocenters. The summed E-state index contributed by atoms with van der Waals surface area (Å²) in [7, 11) is 0. The summed E-state index contributed by atoms with van der Waals surface area (Å²) in [4.78, 5) is 1.86. The van der Waals surface area contributed by atoms with Gasteiger partial charge in [-0.25, -0.2) is 0 Å². The van der Waals surface area contributed by atoms with E-state index >= 15 is 0 Å². The molecule has 0 aromatic heterocycles. The van der Waals surface area contributed by atoms with Crippen LogP contribution < -0.4 is 5.32 Å². The Morgan fingerprint density at radius 3 is 2.55 bits per heavy atom. The average Bonchev–Trinajstić information content (AvgIpc) is 2.39. The van der Waals surface area contributed by atoms with Gasteiger partial charge in [0.2, 0.25) is 0 Å². The number of rotatable bonds is 3. The third-order valence-electron chi connectivity index (χ3n) is 3.33. The molecule has 1 aromatic carbocycles. The van der Waals surface area contributed by atoms with Gasteiger partial charge < -0.3 is 5.32 Å². The Hall–Kier alpha value is -0.300. The number of halogens is 5. The molecule has 112 valence electrons. The predicted octanol–water partition coefficient (Wildman–Crippen LogP) is 4.00. The van der Waals surface area contributed by atoms with Gasteiger partial charge in [0.15, 0.2) is 0 Å². The molecule has 20 heavy (non-hydrogen) atoms. The Balaban J connectivity index is 2.31. The molecule has 0 radical (unpaired) electrons. The fraction of sp³-hybridized carbons (Fsp3) is 0.538. The summed E-state index contributed by atoms with van der Waals surface area (Å²) in [6.07, 6.45) is -5.08. The lowest BCUT2D eigenvalue weighted by Crippen LogP contribution is -2.46. The molecule has 0 spiro atoms. The molecule has 1 fully saturated rings. The van der Waals surface area contributed by atoms with Crippen LogP contribution in [0.1, 0.15) is 18.0 Å². The van der Waals surface area contributed by atoms with Gasteiger partial charge in [0, 0.05) is 41.7 Å². The lowest BCUT2D eigenvalue weighted by atomic mass is 10.0. The number of piperazine rings is 1. The van der Waals surface area contributed by atoms with E-state index in [4.69, 9.17) is 11.6 Å². The number of nitrogens with zero attached hydrogens (tertiary/aromatic N) is 1. The highest BCUT2D eigenvalue weighted by Gasteiger charge is 2.36. The fourth-order valence-electron chi connectivity index (χ4n) is 2.42. The maximum Gasteiger partial charge on any atom is 0.390 e. The van der Waals surface area contributed by atoms with Crippen molar-refractivity contribution >= 4 is 27.5 Å². The number of hydrogen-bond donors (Lipinski definition) is 1. The monoisotopic (exact) mass is 370 g/mol. The summed E-state index contributed by atoms with van der Waals surface area (Å²) in [6.45, 7) is 2.60. The van der Waals surface area contributed by atoms with Crippen LogP contribution in [-0.4, -0.2) is 37.3 Å². The van der Waals surface area contributed by atoms with Gasteiger partial charge in [-0.3, -0.25) is 4.90 Å². The summed E-state index contributed by atoms with van der Waals surface area (Å²) in [5.41, 5.74) is 0.594. The van der Waals surface area contributed by atoms with Gasteiger partial charge in [-0.1, -0.05) is 27.5 Å². The minimum atomic E-state index is -4.21. The van der Waals surface area contributed by atoms with E-state index in [1.165, 1.54) is 0 Å². The van der Waals surface area contributed by atoms with Gasteiger partial charge in [-0.05, 0) is 23.8 Å². The van der Waals surface area contributed by atoms with Crippen LogP contribution in [0.2, 0.25) is 5.02 Å². The molecule has 1 saturated heterocycles. The van der Waals surface area contributed by atoms with Gasteiger partial charge >= 0.3 is 6.18 Å². The van der Waals surface area contributed by atoms with Gasteiger partial charge in [-0.2, -0.15) is 13.2 Å². The SMILES string of the molecule is FC(F)(F)C[C@H](c1cc(Cl)ccc1Br)N1CCNCC1. The van der Waals surface area contributed by atoms with Crippen molar-refractivity contribution in [3.8, 4) is 0 Å². The largest absolute Gasteiger partial charge is 0.390 e. The van der Waals surface area contributed by atoms with E-state index in [1.807, 2.05) is 4.90 Å². The Kier molecular flexibility index (Phi) is 5.34. The second-order valence-corrected chi connectivity index (χ2v) is 6.08. The molecule has 0 unspecified atom stereocenters. The number of alkyl halides is 3. The van der Waals surface area contributed by atoms with Crippen LogP contribution in [0.5, 0.6) is 0 Å². The first-order valence-corrected chi connectivity index (χ1v) is 7.50. The van der Waals surface area contributed by atoms with Crippen molar-refractivity contribution in [1.29, 1.82) is 0 Å². The molecule has 2 nitrogen and oxygen atoms in total. The Bertz CT molecular complexity index is 461. The van der Waals surface area contributed by atoms with Crippen LogP contribution in [-0.2, 0) is 0 Å². The number of hydrogen-bond acceptors (Lipinski definition) is 2. The molecule has 0 bridgehead atoms. The lowest BCUT2D eigenvalue weighted by Gasteiger charge is -2.36. The van der Waals surface area contributed by atoms with Crippen molar-refractivity contribution in [3.05, 3.63) is 33.3 Å². The number of nitrogens with one attached hydrogen (secondary N) is 1. The second-order valence-electron chi connectivity index (χ2n) is 4.79. The first kappa shape index (κ1) is 16.1. The van der Waals surface area contributed by atoms with Crippen LogP contribution >= 0.6 is 27.5 Å². The lowest BCUT2D eigenvalue weighted by molar-refractivity contribution is -0.148. The van der Waals surface area contributed by atoms with Gasteiger partial charge in [-0.15, -0.1) is 0 Å². The van der Waals surface area contributed by atoms with E-state index in [0.717, 1.165) is 0 Å². The van der Waals surface area contributed by atoms with E-state index in [-0.39, 0.29) is 0 Å². The Morgan fingerprint density at radius 2 is 1.95 bits per heavy atom. The van der Waals surface area contributed by atoms with Crippen molar-refractivity contribution in [3.63, 3.8) is 0 Å². The molecule has 0 amide bonds. The molecule has 1 aliphatic heterocycles. The quantitative estimate of drug-likeness (QED) is 0.864. The summed E-state index contributed by atoms with van der Waals surface area (Å²) < 4.78 is 39.3. The highest BCUT2D eigenvalue weighted by Crippen LogP contribution is 2.38. The highest BCUT2D eigenvalue weighted by molar-refractivity contribution is 9.10. The van der Waals surface area contributed by atoms with Crippen molar-refractivity contribution in [1.82, 2.24) is 10.2 Å². The molecule has 1 N–H and O–H groups in total. The minimum Gasteiger partial charge on any atom is -0.314 e. The molecule has 1 aliphatic rings. The van der Waals surface area contributed by atoms with E-state index in [0.29, 0.717) is 41.2 Å². The maximum atomic E-state index is 12.9. The molecule has 1 heterocycles. The molecule has 0 saturated carbocycles. The number of benzene rings is 1. The first-order chi connectivity index (χ1) is 9.37. The van der Waals surface area contributed by atoms with Crippen LogP contribution in [0.15, 0.2) is 22.7 Å². The summed E-state index contributed by atoms with van der Waals surface area (Å²) in [5.74, 6) is 0. The van der Waals surface area contributed by atoms with Crippen LogP contribution in [0.3, 0.4) is 0 Å². The second kappa shape index (κ2) is 6.64. The van der Waals surface area contributed by atoms with E-state index in [9.17, 15) is 13.2 Å². The molecular formula is C13H15BrClF3N2.